The zero-order valence-electron chi connectivity index (χ0n) is 32.5. The van der Waals surface area contributed by atoms with E-state index < -0.39 is 48.4 Å². The van der Waals surface area contributed by atoms with Crippen LogP contribution in [0.5, 0.6) is 0 Å². The van der Waals surface area contributed by atoms with E-state index in [9.17, 15) is 19.4 Å². The molecule has 0 amide bonds. The van der Waals surface area contributed by atoms with Crippen molar-refractivity contribution in [1.82, 2.24) is 25.0 Å². The maximum atomic E-state index is 13.8. The number of carbonyl (C=O) groups is 1. The Morgan fingerprint density at radius 1 is 1.07 bits per heavy atom. The van der Waals surface area contributed by atoms with E-state index in [1.54, 1.807) is 44.2 Å². The third kappa shape index (κ3) is 11.2. The standard InChI is InChI=1S/C37H54BrFN6O8S/c1-10-15-54-32-40-30(44(33(46)52-35(2,3)4)26-19-24(26)21-11-12-25(38)22(16-21)20-39)29-31(41-32)45(43-42-29)23-17-27(28(18-23)51-37(8,9)48)49-13-14-50-34(47)53-36(5,6)7/h11-12,16,23-24,26-28,33,46,48H,10,13-15,17-20H2,1-9H3/t23-,24?,26?,27+,28+,33-/m1/s1. The number of thioether (sulfide) groups is 1. The molecule has 2 aromatic heterocycles. The summed E-state index contributed by atoms with van der Waals surface area (Å²) < 4.78 is 45.0. The Labute approximate surface area is 328 Å². The van der Waals surface area contributed by atoms with E-state index in [2.05, 4.69) is 33.2 Å². The van der Waals surface area contributed by atoms with Crippen LogP contribution in [0.25, 0.3) is 11.2 Å². The minimum atomic E-state index is -1.44. The fourth-order valence-corrected chi connectivity index (χ4v) is 7.50. The van der Waals surface area contributed by atoms with Gasteiger partial charge in [0.05, 0.1) is 30.5 Å². The minimum absolute atomic E-state index is 0.0276. The fourth-order valence-electron chi connectivity index (χ4n) is 6.46. The van der Waals surface area contributed by atoms with Crippen LogP contribution in [0, 0.1) is 0 Å². The summed E-state index contributed by atoms with van der Waals surface area (Å²) in [4.78, 5) is 23.7. The van der Waals surface area contributed by atoms with E-state index in [1.165, 1.54) is 11.8 Å². The summed E-state index contributed by atoms with van der Waals surface area (Å²) in [5.74, 6) is -0.328. The first-order valence-electron chi connectivity index (χ1n) is 18.4. The van der Waals surface area contributed by atoms with Crippen molar-refractivity contribution in [1.29, 1.82) is 0 Å². The molecule has 3 aromatic rings. The first-order chi connectivity index (χ1) is 25.3. The van der Waals surface area contributed by atoms with Crippen LogP contribution in [0.2, 0.25) is 0 Å². The van der Waals surface area contributed by atoms with Gasteiger partial charge < -0.3 is 38.8 Å². The van der Waals surface area contributed by atoms with Gasteiger partial charge in [0.15, 0.2) is 27.9 Å². The highest BCUT2D eigenvalue weighted by Gasteiger charge is 2.48. The highest BCUT2D eigenvalue weighted by atomic mass is 79.9. The number of ether oxygens (including phenoxy) is 5. The third-order valence-corrected chi connectivity index (χ3v) is 10.5. The summed E-state index contributed by atoms with van der Waals surface area (Å²) >= 11 is 4.93. The number of rotatable bonds is 16. The van der Waals surface area contributed by atoms with Crippen molar-refractivity contribution in [3.8, 4) is 0 Å². The number of halogens is 2. The van der Waals surface area contributed by atoms with Crippen molar-refractivity contribution in [3.05, 3.63) is 33.8 Å². The van der Waals surface area contributed by atoms with E-state index in [4.69, 9.17) is 33.7 Å². The Morgan fingerprint density at radius 2 is 1.80 bits per heavy atom. The monoisotopic (exact) mass is 840 g/mol. The molecule has 2 unspecified atom stereocenters. The van der Waals surface area contributed by atoms with Crippen LogP contribution >= 0.6 is 27.7 Å². The number of aliphatic hydroxyl groups excluding tert-OH is 1. The molecule has 1 aromatic carbocycles. The number of fused-ring (bicyclic) bond motifs is 1. The van der Waals surface area contributed by atoms with E-state index in [1.807, 2.05) is 39.0 Å². The van der Waals surface area contributed by atoms with Gasteiger partial charge in [-0.25, -0.2) is 23.8 Å². The summed E-state index contributed by atoms with van der Waals surface area (Å²) in [5, 5.41) is 32.0. The van der Waals surface area contributed by atoms with E-state index in [0.717, 1.165) is 17.7 Å². The molecule has 0 spiro atoms. The van der Waals surface area contributed by atoms with Crippen molar-refractivity contribution in [3.63, 3.8) is 0 Å². The molecule has 2 fully saturated rings. The molecule has 2 saturated carbocycles. The molecule has 54 heavy (non-hydrogen) atoms. The number of benzene rings is 1. The molecule has 2 N–H and O–H groups in total. The number of hydrogen-bond acceptors (Lipinski definition) is 14. The van der Waals surface area contributed by atoms with Crippen LogP contribution < -0.4 is 4.90 Å². The molecule has 17 heteroatoms. The van der Waals surface area contributed by atoms with Gasteiger partial charge in [-0.3, -0.25) is 0 Å². The molecular weight excluding hydrogens is 787 g/mol. The lowest BCUT2D eigenvalue weighted by atomic mass is 10.1. The van der Waals surface area contributed by atoms with Crippen LogP contribution in [0.3, 0.4) is 0 Å². The number of aliphatic hydroxyl groups is 2. The van der Waals surface area contributed by atoms with Crippen molar-refractivity contribution in [2.45, 2.75) is 153 Å². The average Bonchev–Trinajstić information content (AvgIpc) is 3.54. The molecule has 2 aliphatic rings. The zero-order chi connectivity index (χ0) is 39.6. The van der Waals surface area contributed by atoms with E-state index in [0.29, 0.717) is 51.4 Å². The molecule has 14 nitrogen and oxygen atoms in total. The summed E-state index contributed by atoms with van der Waals surface area (Å²) in [6.45, 7) is 15.5. The molecule has 0 saturated heterocycles. The van der Waals surface area contributed by atoms with Crippen LogP contribution in [0.4, 0.5) is 15.0 Å². The van der Waals surface area contributed by atoms with Crippen molar-refractivity contribution < 1.29 is 43.1 Å². The third-order valence-electron chi connectivity index (χ3n) is 8.65. The van der Waals surface area contributed by atoms with Gasteiger partial charge in [0, 0.05) is 22.2 Å². The Hall–Kier alpha value is -2.67. The lowest BCUT2D eigenvalue weighted by Gasteiger charge is -2.34. The fraction of sp³-hybridized carbons (Fsp3) is 0.703. The van der Waals surface area contributed by atoms with Crippen LogP contribution in [0.1, 0.15) is 111 Å². The van der Waals surface area contributed by atoms with Gasteiger partial charge in [-0.05, 0) is 98.3 Å². The Bertz CT molecular complexity index is 1750. The van der Waals surface area contributed by atoms with Crippen LogP contribution in [0.15, 0.2) is 27.8 Å². The quantitative estimate of drug-likeness (QED) is 0.0490. The maximum Gasteiger partial charge on any atom is 0.508 e. The summed E-state index contributed by atoms with van der Waals surface area (Å²) in [6, 6.07) is 5.13. The second kappa shape index (κ2) is 17.2. The highest BCUT2D eigenvalue weighted by Crippen LogP contribution is 2.49. The number of hydrogen-bond donors (Lipinski definition) is 2. The number of alkyl halides is 1. The Morgan fingerprint density at radius 3 is 2.44 bits per heavy atom. The SMILES string of the molecule is CCCSc1nc(N(C2CC2c2ccc(Br)c(CF)c2)[C@H](O)OC(C)(C)C)c2nnn([C@@H]3C[C@H](OCCOC(=O)OC(C)(C)C)[C@@H](OC(C)(C)O)C3)c2n1. The topological polar surface area (TPSA) is 163 Å². The normalized spacial score (nSPS) is 22.4. The summed E-state index contributed by atoms with van der Waals surface area (Å²) in [6.07, 6.45) is -0.773. The predicted octanol–water partition coefficient (Wildman–Crippen LogP) is 7.19. The Kier molecular flexibility index (Phi) is 13.5. The minimum Gasteiger partial charge on any atom is -0.432 e. The first-order valence-corrected chi connectivity index (χ1v) is 20.2. The largest absolute Gasteiger partial charge is 0.508 e. The molecular formula is C37H54BrFN6O8S. The van der Waals surface area contributed by atoms with Gasteiger partial charge in [0.25, 0.3) is 0 Å². The second-order valence-corrected chi connectivity index (χ2v) is 18.1. The molecule has 300 valence electrons. The van der Waals surface area contributed by atoms with Gasteiger partial charge in [-0.2, -0.15) is 0 Å². The predicted molar refractivity (Wildman–Crippen MR) is 205 cm³/mol. The molecule has 2 aliphatic carbocycles. The molecule has 2 heterocycles. The van der Waals surface area contributed by atoms with Crippen molar-refractivity contribution in [2.75, 3.05) is 23.9 Å². The van der Waals surface area contributed by atoms with Crippen molar-refractivity contribution in [2.24, 2.45) is 0 Å². The number of nitrogens with zero attached hydrogens (tertiary/aromatic N) is 6. The van der Waals surface area contributed by atoms with Gasteiger partial charge in [0.2, 0.25) is 6.41 Å². The van der Waals surface area contributed by atoms with Gasteiger partial charge in [-0.15, -0.1) is 5.10 Å². The second-order valence-electron chi connectivity index (χ2n) is 16.2. The van der Waals surface area contributed by atoms with Crippen molar-refractivity contribution >= 4 is 50.8 Å². The number of aromatic nitrogens is 5. The molecule has 0 bridgehead atoms. The van der Waals surface area contributed by atoms with Gasteiger partial charge in [0.1, 0.15) is 18.9 Å². The maximum absolute atomic E-state index is 13.8. The summed E-state index contributed by atoms with van der Waals surface area (Å²) in [7, 11) is 0. The van der Waals surface area contributed by atoms with E-state index in [-0.39, 0.29) is 31.2 Å². The smallest absolute Gasteiger partial charge is 0.432 e. The van der Waals surface area contributed by atoms with Crippen LogP contribution in [-0.4, -0.2) is 102 Å². The zero-order valence-corrected chi connectivity index (χ0v) is 34.9. The molecule has 0 aliphatic heterocycles. The lowest BCUT2D eigenvalue weighted by molar-refractivity contribution is -0.224. The van der Waals surface area contributed by atoms with Gasteiger partial charge in [-0.1, -0.05) is 52.0 Å². The summed E-state index contributed by atoms with van der Waals surface area (Å²) in [5.41, 5.74) is 0.974. The number of carbonyl (C=O) groups excluding carboxylic acids is 1. The van der Waals surface area contributed by atoms with Crippen LogP contribution in [-0.2, 0) is 30.4 Å². The lowest BCUT2D eigenvalue weighted by Crippen LogP contribution is -2.44. The molecule has 5 rings (SSSR count). The number of anilines is 1. The average molecular weight is 842 g/mol. The molecule has 6 atom stereocenters. The Balaban J connectivity index is 1.47. The molecule has 0 radical (unpaired) electrons. The first kappa shape index (κ1) is 42.5. The van der Waals surface area contributed by atoms with E-state index >= 15 is 0 Å². The highest BCUT2D eigenvalue weighted by molar-refractivity contribution is 9.10. The van der Waals surface area contributed by atoms with Gasteiger partial charge >= 0.3 is 6.16 Å².